The van der Waals surface area contributed by atoms with E-state index in [1.165, 1.54) is 6.07 Å². The van der Waals surface area contributed by atoms with Gasteiger partial charge in [-0.3, -0.25) is 9.59 Å². The number of nitrogens with zero attached hydrogens (tertiary/aromatic N) is 4. The number of aryl methyl sites for hydroxylation is 1. The molecule has 1 saturated heterocycles. The van der Waals surface area contributed by atoms with Crippen molar-refractivity contribution in [1.82, 2.24) is 14.5 Å². The molecule has 1 N–H and O–H groups in total. The highest BCUT2D eigenvalue weighted by atomic mass is 16.2. The summed E-state index contributed by atoms with van der Waals surface area (Å²) in [5.74, 6) is 0.0464. The Morgan fingerprint density at radius 3 is 2.56 bits per heavy atom. The fraction of sp³-hybridized carbons (Fsp3) is 0.450. The molecule has 0 atom stereocenters. The van der Waals surface area contributed by atoms with Crippen LogP contribution in [0.2, 0.25) is 0 Å². The first-order chi connectivity index (χ1) is 13.0. The summed E-state index contributed by atoms with van der Waals surface area (Å²) in [7, 11) is 2.12. The van der Waals surface area contributed by atoms with E-state index in [4.69, 9.17) is 0 Å². The Labute approximate surface area is 158 Å². The van der Waals surface area contributed by atoms with Crippen LogP contribution < -0.4 is 15.6 Å². The average Bonchev–Trinajstić information content (AvgIpc) is 3.48. The number of carbonyl (C=O) groups excluding carboxylic acids is 1. The number of amides is 1. The fourth-order valence-corrected chi connectivity index (χ4v) is 3.46. The number of pyridine rings is 2. The van der Waals surface area contributed by atoms with Crippen molar-refractivity contribution in [2.24, 2.45) is 0 Å². The van der Waals surface area contributed by atoms with E-state index in [1.54, 1.807) is 18.5 Å². The van der Waals surface area contributed by atoms with Gasteiger partial charge in [0.2, 0.25) is 0 Å². The molecule has 27 heavy (non-hydrogen) atoms. The highest BCUT2D eigenvalue weighted by Gasteiger charge is 2.25. The van der Waals surface area contributed by atoms with Crippen molar-refractivity contribution < 1.29 is 4.79 Å². The van der Waals surface area contributed by atoms with E-state index in [2.05, 4.69) is 27.1 Å². The maximum atomic E-state index is 12.6. The van der Waals surface area contributed by atoms with E-state index in [-0.39, 0.29) is 11.0 Å². The molecule has 2 fully saturated rings. The number of carbonyl (C=O) groups is 1. The summed E-state index contributed by atoms with van der Waals surface area (Å²) in [5, 5.41) is 2.75. The molecular formula is C20H25N5O2. The van der Waals surface area contributed by atoms with Crippen LogP contribution in [0.1, 0.15) is 34.9 Å². The third-order valence-corrected chi connectivity index (χ3v) is 5.32. The molecule has 0 spiro atoms. The molecular weight excluding hydrogens is 342 g/mol. The molecule has 2 aromatic heterocycles. The van der Waals surface area contributed by atoms with Gasteiger partial charge in [-0.25, -0.2) is 4.98 Å². The second kappa shape index (κ2) is 7.15. The third-order valence-electron chi connectivity index (χ3n) is 5.32. The number of hydrogen-bond donors (Lipinski definition) is 1. The average molecular weight is 367 g/mol. The molecule has 2 aromatic rings. The maximum absolute atomic E-state index is 12.6. The van der Waals surface area contributed by atoms with E-state index in [0.29, 0.717) is 11.9 Å². The summed E-state index contributed by atoms with van der Waals surface area (Å²) in [4.78, 5) is 33.8. The summed E-state index contributed by atoms with van der Waals surface area (Å²) in [6, 6.07) is 5.71. The van der Waals surface area contributed by atoms with Crippen LogP contribution in [0.25, 0.3) is 0 Å². The zero-order valence-electron chi connectivity index (χ0n) is 15.8. The molecule has 1 aliphatic carbocycles. The van der Waals surface area contributed by atoms with Crippen molar-refractivity contribution in [2.75, 3.05) is 43.4 Å². The molecule has 4 rings (SSSR count). The zero-order chi connectivity index (χ0) is 19.0. The minimum atomic E-state index is -0.408. The Balaban J connectivity index is 1.47. The second-order valence-electron chi connectivity index (χ2n) is 7.48. The van der Waals surface area contributed by atoms with E-state index < -0.39 is 5.91 Å². The Bertz CT molecular complexity index is 894. The van der Waals surface area contributed by atoms with Gasteiger partial charge < -0.3 is 19.7 Å². The minimum absolute atomic E-state index is 0.164. The van der Waals surface area contributed by atoms with Crippen LogP contribution >= 0.6 is 0 Å². The lowest BCUT2D eigenvalue weighted by molar-refractivity contribution is 0.102. The van der Waals surface area contributed by atoms with Gasteiger partial charge in [-0.15, -0.1) is 0 Å². The van der Waals surface area contributed by atoms with Crippen LogP contribution in [0.4, 0.5) is 11.5 Å². The van der Waals surface area contributed by atoms with Crippen molar-refractivity contribution in [1.29, 1.82) is 0 Å². The molecule has 2 aliphatic rings. The van der Waals surface area contributed by atoms with Crippen LogP contribution in [0.15, 0.2) is 35.4 Å². The van der Waals surface area contributed by atoms with Crippen LogP contribution in [-0.4, -0.2) is 53.6 Å². The maximum Gasteiger partial charge on any atom is 0.262 e. The molecule has 1 aliphatic heterocycles. The normalized spacial score (nSPS) is 17.8. The molecule has 1 amide bonds. The quantitative estimate of drug-likeness (QED) is 0.894. The van der Waals surface area contributed by atoms with Crippen molar-refractivity contribution in [2.45, 2.75) is 25.8 Å². The van der Waals surface area contributed by atoms with Crippen LogP contribution in [0, 0.1) is 6.92 Å². The van der Waals surface area contributed by atoms with Crippen molar-refractivity contribution >= 4 is 17.4 Å². The van der Waals surface area contributed by atoms with Gasteiger partial charge >= 0.3 is 0 Å². The van der Waals surface area contributed by atoms with Crippen molar-refractivity contribution in [3.63, 3.8) is 0 Å². The zero-order valence-corrected chi connectivity index (χ0v) is 15.8. The lowest BCUT2D eigenvalue weighted by Crippen LogP contribution is -2.44. The fourth-order valence-electron chi connectivity index (χ4n) is 3.46. The Morgan fingerprint density at radius 1 is 1.19 bits per heavy atom. The lowest BCUT2D eigenvalue weighted by Gasteiger charge is -2.33. The predicted octanol–water partition coefficient (Wildman–Crippen LogP) is 1.89. The van der Waals surface area contributed by atoms with Gasteiger partial charge in [-0.05, 0) is 38.9 Å². The largest absolute Gasteiger partial charge is 0.368 e. The second-order valence-corrected chi connectivity index (χ2v) is 7.48. The first-order valence-corrected chi connectivity index (χ1v) is 9.45. The molecule has 1 saturated carbocycles. The summed E-state index contributed by atoms with van der Waals surface area (Å²) in [5.41, 5.74) is 1.86. The van der Waals surface area contributed by atoms with Gasteiger partial charge in [0.25, 0.3) is 5.91 Å². The smallest absolute Gasteiger partial charge is 0.262 e. The molecule has 0 unspecified atom stereocenters. The Morgan fingerprint density at radius 2 is 1.93 bits per heavy atom. The molecule has 0 bridgehead atoms. The molecule has 0 radical (unpaired) electrons. The van der Waals surface area contributed by atoms with E-state index in [9.17, 15) is 9.59 Å². The Hall–Kier alpha value is -2.67. The van der Waals surface area contributed by atoms with Gasteiger partial charge in [-0.1, -0.05) is 0 Å². The van der Waals surface area contributed by atoms with Gasteiger partial charge in [0.05, 0.1) is 11.9 Å². The minimum Gasteiger partial charge on any atom is -0.368 e. The summed E-state index contributed by atoms with van der Waals surface area (Å²) in [6.45, 7) is 5.89. The standard InChI is InChI=1S/C20H25N5O2/c1-14-11-18(26)17(13-25(14)15-3-4-15)20(27)22-19-6-5-16(12-21-19)24-9-7-23(2)8-10-24/h5-6,11-13,15H,3-4,7-10H2,1-2H3,(H,21,22,27). The van der Waals surface area contributed by atoms with Crippen LogP contribution in [0.3, 0.4) is 0 Å². The number of rotatable bonds is 4. The van der Waals surface area contributed by atoms with Crippen molar-refractivity contribution in [3.8, 4) is 0 Å². The highest BCUT2D eigenvalue weighted by molar-refractivity contribution is 6.03. The van der Waals surface area contributed by atoms with E-state index in [0.717, 1.165) is 50.4 Å². The lowest BCUT2D eigenvalue weighted by atomic mass is 10.2. The molecule has 142 valence electrons. The van der Waals surface area contributed by atoms with Gasteiger partial charge in [0.1, 0.15) is 11.4 Å². The first-order valence-electron chi connectivity index (χ1n) is 9.45. The Kier molecular flexibility index (Phi) is 4.70. The molecule has 7 nitrogen and oxygen atoms in total. The monoisotopic (exact) mass is 367 g/mol. The topological polar surface area (TPSA) is 70.5 Å². The SMILES string of the molecule is Cc1cc(=O)c(C(=O)Nc2ccc(N3CCN(C)CC3)cn2)cn1C1CC1. The number of piperazine rings is 1. The van der Waals surface area contributed by atoms with Crippen LogP contribution in [0.5, 0.6) is 0 Å². The van der Waals surface area contributed by atoms with E-state index >= 15 is 0 Å². The van der Waals surface area contributed by atoms with Gasteiger partial charge in [0.15, 0.2) is 5.43 Å². The van der Waals surface area contributed by atoms with Gasteiger partial charge in [0, 0.05) is 50.2 Å². The van der Waals surface area contributed by atoms with Gasteiger partial charge in [-0.2, -0.15) is 0 Å². The highest BCUT2D eigenvalue weighted by Crippen LogP contribution is 2.35. The third kappa shape index (κ3) is 3.88. The molecule has 3 heterocycles. The van der Waals surface area contributed by atoms with Crippen molar-refractivity contribution in [3.05, 3.63) is 52.1 Å². The van der Waals surface area contributed by atoms with Crippen LogP contribution in [-0.2, 0) is 0 Å². The summed E-state index contributed by atoms with van der Waals surface area (Å²) in [6.07, 6.45) is 5.65. The summed E-state index contributed by atoms with van der Waals surface area (Å²) < 4.78 is 2.03. The summed E-state index contributed by atoms with van der Waals surface area (Å²) >= 11 is 0. The number of likely N-dealkylation sites (N-methyl/N-ethyl adjacent to an activating group) is 1. The number of aromatic nitrogens is 2. The number of anilines is 2. The predicted molar refractivity (Wildman–Crippen MR) is 106 cm³/mol. The molecule has 0 aromatic carbocycles. The first kappa shape index (κ1) is 17.7. The molecule has 7 heteroatoms. The number of hydrogen-bond acceptors (Lipinski definition) is 5. The number of nitrogens with one attached hydrogen (secondary N) is 1. The van der Waals surface area contributed by atoms with E-state index in [1.807, 2.05) is 17.6 Å².